The van der Waals surface area contributed by atoms with Gasteiger partial charge in [0.05, 0.1) is 6.10 Å². The SMILES string of the molecule is C[C@@H](O)[C@H](N)c1nc(-c2ccccc2)no1. The van der Waals surface area contributed by atoms with Gasteiger partial charge in [-0.25, -0.2) is 0 Å². The topological polar surface area (TPSA) is 85.2 Å². The van der Waals surface area contributed by atoms with Crippen LogP contribution in [0.4, 0.5) is 0 Å². The molecule has 1 aromatic carbocycles. The highest BCUT2D eigenvalue weighted by atomic mass is 16.5. The van der Waals surface area contributed by atoms with Gasteiger partial charge in [-0.2, -0.15) is 4.98 Å². The third-order valence-electron chi connectivity index (χ3n) is 2.28. The molecule has 1 aromatic heterocycles. The number of benzene rings is 1. The molecule has 84 valence electrons. The first kappa shape index (κ1) is 10.8. The summed E-state index contributed by atoms with van der Waals surface area (Å²) in [5, 5.41) is 13.1. The van der Waals surface area contributed by atoms with Crippen LogP contribution >= 0.6 is 0 Å². The maximum Gasteiger partial charge on any atom is 0.246 e. The van der Waals surface area contributed by atoms with Gasteiger partial charge in [-0.3, -0.25) is 0 Å². The van der Waals surface area contributed by atoms with Crippen LogP contribution in [0, 0.1) is 0 Å². The molecule has 2 rings (SSSR count). The Bertz CT molecular complexity index is 453. The lowest BCUT2D eigenvalue weighted by Crippen LogP contribution is -2.23. The van der Waals surface area contributed by atoms with Crippen LogP contribution in [0.2, 0.25) is 0 Å². The van der Waals surface area contributed by atoms with Gasteiger partial charge >= 0.3 is 0 Å². The van der Waals surface area contributed by atoms with E-state index < -0.39 is 12.1 Å². The van der Waals surface area contributed by atoms with E-state index in [1.165, 1.54) is 0 Å². The van der Waals surface area contributed by atoms with Crippen molar-refractivity contribution in [3.63, 3.8) is 0 Å². The standard InChI is InChI=1S/C11H13N3O2/c1-7(15)9(12)11-13-10(14-16-11)8-5-3-2-4-6-8/h2-7,9,15H,12H2,1H3/t7-,9+/m1/s1. The van der Waals surface area contributed by atoms with Crippen molar-refractivity contribution < 1.29 is 9.63 Å². The Balaban J connectivity index is 2.27. The average molecular weight is 219 g/mol. The maximum absolute atomic E-state index is 9.30. The zero-order valence-corrected chi connectivity index (χ0v) is 8.87. The van der Waals surface area contributed by atoms with Gasteiger partial charge in [-0.15, -0.1) is 0 Å². The van der Waals surface area contributed by atoms with Crippen molar-refractivity contribution in [1.29, 1.82) is 0 Å². The van der Waals surface area contributed by atoms with Crippen LogP contribution in [0.3, 0.4) is 0 Å². The van der Waals surface area contributed by atoms with Gasteiger partial charge in [-0.1, -0.05) is 35.5 Å². The van der Waals surface area contributed by atoms with Gasteiger partial charge in [0.25, 0.3) is 0 Å². The van der Waals surface area contributed by atoms with Gasteiger partial charge in [0.15, 0.2) is 0 Å². The van der Waals surface area contributed by atoms with E-state index in [1.807, 2.05) is 30.3 Å². The zero-order valence-electron chi connectivity index (χ0n) is 8.87. The lowest BCUT2D eigenvalue weighted by atomic mass is 10.2. The van der Waals surface area contributed by atoms with Crippen molar-refractivity contribution in [2.45, 2.75) is 19.1 Å². The lowest BCUT2D eigenvalue weighted by molar-refractivity contribution is 0.146. The molecule has 1 heterocycles. The maximum atomic E-state index is 9.30. The highest BCUT2D eigenvalue weighted by molar-refractivity contribution is 5.53. The molecule has 0 spiro atoms. The Morgan fingerprint density at radius 3 is 2.62 bits per heavy atom. The van der Waals surface area contributed by atoms with Crippen molar-refractivity contribution in [3.05, 3.63) is 36.2 Å². The van der Waals surface area contributed by atoms with Crippen LogP contribution < -0.4 is 5.73 Å². The zero-order chi connectivity index (χ0) is 11.5. The van der Waals surface area contributed by atoms with E-state index in [4.69, 9.17) is 10.3 Å². The Kier molecular flexibility index (Phi) is 2.98. The Hall–Kier alpha value is -1.72. The molecule has 0 unspecified atom stereocenters. The van der Waals surface area contributed by atoms with Crippen LogP contribution in [0.15, 0.2) is 34.9 Å². The summed E-state index contributed by atoms with van der Waals surface area (Å²) in [6, 6.07) is 8.79. The average Bonchev–Trinajstić information content (AvgIpc) is 2.78. The van der Waals surface area contributed by atoms with Crippen LogP contribution in [0.1, 0.15) is 18.9 Å². The third-order valence-corrected chi connectivity index (χ3v) is 2.28. The van der Waals surface area contributed by atoms with E-state index >= 15 is 0 Å². The summed E-state index contributed by atoms with van der Waals surface area (Å²) in [5.74, 6) is 0.723. The molecule has 5 nitrogen and oxygen atoms in total. The van der Waals surface area contributed by atoms with Crippen LogP contribution in [-0.2, 0) is 0 Å². The quantitative estimate of drug-likeness (QED) is 0.807. The molecule has 3 N–H and O–H groups in total. The van der Waals surface area contributed by atoms with Gasteiger partial charge in [0.1, 0.15) is 6.04 Å². The van der Waals surface area contributed by atoms with Crippen molar-refractivity contribution in [3.8, 4) is 11.4 Å². The lowest BCUT2D eigenvalue weighted by Gasteiger charge is -2.08. The van der Waals surface area contributed by atoms with Crippen molar-refractivity contribution in [1.82, 2.24) is 10.1 Å². The molecular formula is C11H13N3O2. The molecule has 0 bridgehead atoms. The second-order valence-electron chi connectivity index (χ2n) is 3.59. The van der Waals surface area contributed by atoms with Gasteiger partial charge < -0.3 is 15.4 Å². The Morgan fingerprint density at radius 2 is 2.00 bits per heavy atom. The molecule has 0 amide bonds. The largest absolute Gasteiger partial charge is 0.391 e. The summed E-state index contributed by atoms with van der Waals surface area (Å²) in [6.07, 6.45) is -0.718. The number of aliphatic hydroxyl groups excluding tert-OH is 1. The molecule has 0 saturated heterocycles. The first-order chi connectivity index (χ1) is 7.68. The highest BCUT2D eigenvalue weighted by Crippen LogP contribution is 2.18. The molecule has 0 aliphatic heterocycles. The number of aliphatic hydroxyl groups is 1. The normalized spacial score (nSPS) is 14.7. The summed E-state index contributed by atoms with van der Waals surface area (Å²) in [7, 11) is 0. The molecule has 0 fully saturated rings. The van der Waals surface area contributed by atoms with Crippen molar-refractivity contribution >= 4 is 0 Å². The summed E-state index contributed by atoms with van der Waals surface area (Å²) < 4.78 is 5.00. The first-order valence-electron chi connectivity index (χ1n) is 5.01. The van der Waals surface area contributed by atoms with E-state index in [1.54, 1.807) is 6.92 Å². The fourth-order valence-corrected chi connectivity index (χ4v) is 1.28. The summed E-state index contributed by atoms with van der Waals surface area (Å²) >= 11 is 0. The predicted octanol–water partition coefficient (Wildman–Crippen LogP) is 1.12. The van der Waals surface area contributed by atoms with Gasteiger partial charge in [0.2, 0.25) is 11.7 Å². The molecule has 16 heavy (non-hydrogen) atoms. The van der Waals surface area contributed by atoms with Gasteiger partial charge in [-0.05, 0) is 6.92 Å². The van der Waals surface area contributed by atoms with E-state index in [0.717, 1.165) is 5.56 Å². The number of hydrogen-bond donors (Lipinski definition) is 2. The van der Waals surface area contributed by atoms with E-state index in [-0.39, 0.29) is 5.89 Å². The number of rotatable bonds is 3. The second kappa shape index (κ2) is 4.42. The molecule has 0 aliphatic carbocycles. The third kappa shape index (κ3) is 2.10. The fraction of sp³-hybridized carbons (Fsp3) is 0.273. The minimum Gasteiger partial charge on any atom is -0.391 e. The number of hydrogen-bond acceptors (Lipinski definition) is 5. The second-order valence-corrected chi connectivity index (χ2v) is 3.59. The molecular weight excluding hydrogens is 206 g/mol. The monoisotopic (exact) mass is 219 g/mol. The number of nitrogens with zero attached hydrogens (tertiary/aromatic N) is 2. The summed E-state index contributed by atoms with van der Waals surface area (Å²) in [6.45, 7) is 1.58. The molecule has 2 aromatic rings. The van der Waals surface area contributed by atoms with Crippen LogP contribution in [-0.4, -0.2) is 21.4 Å². The molecule has 0 radical (unpaired) electrons. The molecule has 0 saturated carbocycles. The predicted molar refractivity (Wildman–Crippen MR) is 58.3 cm³/mol. The minimum atomic E-state index is -0.718. The van der Waals surface area contributed by atoms with Crippen LogP contribution in [0.5, 0.6) is 0 Å². The fourth-order valence-electron chi connectivity index (χ4n) is 1.28. The first-order valence-corrected chi connectivity index (χ1v) is 5.01. The van der Waals surface area contributed by atoms with E-state index in [2.05, 4.69) is 10.1 Å². The minimum absolute atomic E-state index is 0.244. The highest BCUT2D eigenvalue weighted by Gasteiger charge is 2.19. The van der Waals surface area contributed by atoms with Crippen LogP contribution in [0.25, 0.3) is 11.4 Å². The summed E-state index contributed by atoms with van der Waals surface area (Å²) in [4.78, 5) is 4.14. The van der Waals surface area contributed by atoms with E-state index in [0.29, 0.717) is 5.82 Å². The summed E-state index contributed by atoms with van der Waals surface area (Å²) in [5.41, 5.74) is 6.54. The molecule has 2 atom stereocenters. The molecule has 0 aliphatic rings. The van der Waals surface area contributed by atoms with E-state index in [9.17, 15) is 5.11 Å². The number of aromatic nitrogens is 2. The van der Waals surface area contributed by atoms with Crippen molar-refractivity contribution in [2.24, 2.45) is 5.73 Å². The smallest absolute Gasteiger partial charge is 0.246 e. The molecule has 5 heteroatoms. The van der Waals surface area contributed by atoms with Gasteiger partial charge in [0, 0.05) is 5.56 Å². The Labute approximate surface area is 92.9 Å². The number of nitrogens with two attached hydrogens (primary N) is 1. The Morgan fingerprint density at radius 1 is 1.31 bits per heavy atom. The van der Waals surface area contributed by atoms with Crippen molar-refractivity contribution in [2.75, 3.05) is 0 Å².